The molecule has 0 spiro atoms. The molecule has 2 atom stereocenters. The summed E-state index contributed by atoms with van der Waals surface area (Å²) < 4.78 is 34.9. The fourth-order valence-corrected chi connectivity index (χ4v) is 0.909. The molecule has 1 fully saturated rings. The van der Waals surface area contributed by atoms with Crippen molar-refractivity contribution in [3.8, 4) is 0 Å². The van der Waals surface area contributed by atoms with Gasteiger partial charge in [0, 0.05) is 0 Å². The van der Waals surface area contributed by atoms with Gasteiger partial charge >= 0.3 is 6.18 Å². The summed E-state index contributed by atoms with van der Waals surface area (Å²) in [4.78, 5) is 0. The maximum Gasteiger partial charge on any atom is 0.392 e. The minimum Gasteiger partial charge on any atom is -0.330 e. The van der Waals surface area contributed by atoms with E-state index < -0.39 is 12.1 Å². The summed E-state index contributed by atoms with van der Waals surface area (Å²) in [5.74, 6) is -1.38. The van der Waals surface area contributed by atoms with Gasteiger partial charge in [0.1, 0.15) is 0 Å². The van der Waals surface area contributed by atoms with E-state index in [-0.39, 0.29) is 31.3 Å². The first-order valence-electron chi connectivity index (χ1n) is 2.82. The van der Waals surface area contributed by atoms with Crippen LogP contribution in [0.15, 0.2) is 0 Å². The van der Waals surface area contributed by atoms with Crippen molar-refractivity contribution in [3.05, 3.63) is 0 Å². The second kappa shape index (κ2) is 2.96. The van der Waals surface area contributed by atoms with Crippen molar-refractivity contribution in [1.82, 2.24) is 0 Å². The van der Waals surface area contributed by atoms with E-state index in [0.29, 0.717) is 0 Å². The Hall–Kier alpha value is 0.0400. The molecule has 10 heavy (non-hydrogen) atoms. The third-order valence-corrected chi connectivity index (χ3v) is 1.65. The average Bonchev–Trinajstić information content (AvgIpc) is 2.39. The predicted molar refractivity (Wildman–Crippen MR) is 34.0 cm³/mol. The lowest BCUT2D eigenvalue weighted by atomic mass is 10.3. The molecule has 0 saturated heterocycles. The highest BCUT2D eigenvalue weighted by Crippen LogP contribution is 2.49. The minimum atomic E-state index is -4.00. The van der Waals surface area contributed by atoms with Crippen LogP contribution in [0.4, 0.5) is 13.2 Å². The largest absolute Gasteiger partial charge is 0.392 e. The maximum absolute atomic E-state index is 11.6. The van der Waals surface area contributed by atoms with Crippen LogP contribution in [-0.2, 0) is 0 Å². The van der Waals surface area contributed by atoms with Crippen LogP contribution in [0.2, 0.25) is 0 Å². The zero-order valence-electron chi connectivity index (χ0n) is 5.19. The van der Waals surface area contributed by atoms with Crippen molar-refractivity contribution >= 4 is 12.4 Å². The molecule has 0 aliphatic heterocycles. The first-order chi connectivity index (χ1) is 4.05. The van der Waals surface area contributed by atoms with Crippen molar-refractivity contribution in [3.63, 3.8) is 0 Å². The molecule has 0 aromatic rings. The maximum atomic E-state index is 11.6. The van der Waals surface area contributed by atoms with Gasteiger partial charge in [0.15, 0.2) is 0 Å². The molecule has 2 N–H and O–H groups in total. The Morgan fingerprint density at radius 1 is 1.40 bits per heavy atom. The van der Waals surface area contributed by atoms with E-state index in [1.807, 2.05) is 0 Å². The van der Waals surface area contributed by atoms with E-state index in [4.69, 9.17) is 5.73 Å². The highest BCUT2D eigenvalue weighted by Gasteiger charge is 2.54. The molecule has 0 aromatic heterocycles. The molecule has 0 aromatic carbocycles. The van der Waals surface area contributed by atoms with Gasteiger partial charge in [-0.1, -0.05) is 0 Å². The molecule has 1 aliphatic carbocycles. The van der Waals surface area contributed by atoms with E-state index in [0.717, 1.165) is 0 Å². The molecule has 0 radical (unpaired) electrons. The van der Waals surface area contributed by atoms with Crippen molar-refractivity contribution < 1.29 is 13.2 Å². The Balaban J connectivity index is 0.000000810. The minimum absolute atomic E-state index is 0. The van der Waals surface area contributed by atoms with Crippen molar-refractivity contribution in [2.45, 2.75) is 12.6 Å². The number of nitrogens with two attached hydrogens (primary N) is 1. The summed E-state index contributed by atoms with van der Waals surface area (Å²) >= 11 is 0. The summed E-state index contributed by atoms with van der Waals surface area (Å²) in [5.41, 5.74) is 5.02. The standard InChI is InChI=1S/C5H8F3N.ClH/c6-5(7,8)4-1-3(4)2-9;/h3-4H,1-2,9H2;1H/t3-,4+;/m0./s1. The lowest BCUT2D eigenvalue weighted by molar-refractivity contribution is -0.150. The van der Waals surface area contributed by atoms with Crippen LogP contribution in [0.5, 0.6) is 0 Å². The predicted octanol–water partition coefficient (Wildman–Crippen LogP) is 1.57. The summed E-state index contributed by atoms with van der Waals surface area (Å²) in [6.45, 7) is 0.171. The number of halogens is 4. The van der Waals surface area contributed by atoms with Gasteiger partial charge in [0.25, 0.3) is 0 Å². The van der Waals surface area contributed by atoms with E-state index >= 15 is 0 Å². The normalized spacial score (nSPS) is 31.2. The molecule has 5 heteroatoms. The molecule has 0 heterocycles. The van der Waals surface area contributed by atoms with Gasteiger partial charge in [-0.2, -0.15) is 13.2 Å². The molecular weight excluding hydrogens is 167 g/mol. The van der Waals surface area contributed by atoms with Gasteiger partial charge < -0.3 is 5.73 Å². The van der Waals surface area contributed by atoms with Crippen LogP contribution >= 0.6 is 12.4 Å². The quantitative estimate of drug-likeness (QED) is 0.643. The Bertz CT molecular complexity index is 114. The summed E-state index contributed by atoms with van der Waals surface area (Å²) in [7, 11) is 0. The zero-order valence-corrected chi connectivity index (χ0v) is 6.00. The summed E-state index contributed by atoms with van der Waals surface area (Å²) in [6.07, 6.45) is -3.76. The van der Waals surface area contributed by atoms with Crippen LogP contribution in [0.25, 0.3) is 0 Å². The van der Waals surface area contributed by atoms with E-state index in [1.165, 1.54) is 0 Å². The Labute approximate surface area is 63.2 Å². The molecule has 1 rings (SSSR count). The number of hydrogen-bond donors (Lipinski definition) is 1. The van der Waals surface area contributed by atoms with Crippen molar-refractivity contribution in [1.29, 1.82) is 0 Å². The fraction of sp³-hybridized carbons (Fsp3) is 1.00. The molecular formula is C5H9ClF3N. The second-order valence-electron chi connectivity index (χ2n) is 2.38. The van der Waals surface area contributed by atoms with Gasteiger partial charge in [-0.25, -0.2) is 0 Å². The number of alkyl halides is 3. The molecule has 1 nitrogen and oxygen atoms in total. The lowest BCUT2D eigenvalue weighted by Crippen LogP contribution is -2.15. The van der Waals surface area contributed by atoms with Crippen LogP contribution < -0.4 is 5.73 Å². The van der Waals surface area contributed by atoms with Gasteiger partial charge in [-0.15, -0.1) is 12.4 Å². The van der Waals surface area contributed by atoms with E-state index in [9.17, 15) is 13.2 Å². The topological polar surface area (TPSA) is 26.0 Å². The first kappa shape index (κ1) is 10.0. The van der Waals surface area contributed by atoms with Crippen LogP contribution in [0, 0.1) is 11.8 Å². The Kier molecular flexibility index (Phi) is 2.98. The third-order valence-electron chi connectivity index (χ3n) is 1.65. The van der Waals surface area contributed by atoms with Crippen molar-refractivity contribution in [2.75, 3.05) is 6.54 Å². The highest BCUT2D eigenvalue weighted by atomic mass is 35.5. The summed E-state index contributed by atoms with van der Waals surface area (Å²) in [6, 6.07) is 0. The molecule has 62 valence electrons. The smallest absolute Gasteiger partial charge is 0.330 e. The third kappa shape index (κ3) is 2.02. The van der Waals surface area contributed by atoms with E-state index in [2.05, 4.69) is 0 Å². The first-order valence-corrected chi connectivity index (χ1v) is 2.82. The zero-order chi connectivity index (χ0) is 7.07. The summed E-state index contributed by atoms with van der Waals surface area (Å²) in [5, 5.41) is 0. The molecule has 1 saturated carbocycles. The second-order valence-corrected chi connectivity index (χ2v) is 2.38. The number of rotatable bonds is 1. The van der Waals surface area contributed by atoms with Crippen LogP contribution in [-0.4, -0.2) is 12.7 Å². The SMILES string of the molecule is Cl.NC[C@@H]1C[C@H]1C(F)(F)F. The Morgan fingerprint density at radius 2 is 1.90 bits per heavy atom. The molecule has 0 unspecified atom stereocenters. The lowest BCUT2D eigenvalue weighted by Gasteiger charge is -2.02. The van der Waals surface area contributed by atoms with Gasteiger partial charge in [0.05, 0.1) is 5.92 Å². The monoisotopic (exact) mass is 175 g/mol. The van der Waals surface area contributed by atoms with Gasteiger partial charge in [-0.05, 0) is 18.9 Å². The molecule has 0 amide bonds. The Morgan fingerprint density at radius 3 is 2.00 bits per heavy atom. The van der Waals surface area contributed by atoms with Crippen LogP contribution in [0.3, 0.4) is 0 Å². The number of hydrogen-bond acceptors (Lipinski definition) is 1. The van der Waals surface area contributed by atoms with Crippen molar-refractivity contribution in [2.24, 2.45) is 17.6 Å². The molecule has 1 aliphatic rings. The van der Waals surface area contributed by atoms with E-state index in [1.54, 1.807) is 0 Å². The molecule has 0 bridgehead atoms. The van der Waals surface area contributed by atoms with Gasteiger partial charge in [-0.3, -0.25) is 0 Å². The average molecular weight is 176 g/mol. The highest BCUT2D eigenvalue weighted by molar-refractivity contribution is 5.85. The fourth-order valence-electron chi connectivity index (χ4n) is 0.909. The van der Waals surface area contributed by atoms with Gasteiger partial charge in [0.2, 0.25) is 0 Å². The van der Waals surface area contributed by atoms with Crippen LogP contribution in [0.1, 0.15) is 6.42 Å².